The minimum atomic E-state index is -2.01. The molecule has 8 heteroatoms. The maximum Gasteiger partial charge on any atom is 0.281 e. The zero-order chi connectivity index (χ0) is 20.9. The molecule has 1 amide bonds. The predicted octanol–water partition coefficient (Wildman–Crippen LogP) is 2.69. The average molecular weight is 391 g/mol. The summed E-state index contributed by atoms with van der Waals surface area (Å²) in [6.07, 6.45) is 1.07. The number of nitrogens with one attached hydrogen (secondary N) is 1. The fourth-order valence-electron chi connectivity index (χ4n) is 2.79. The van der Waals surface area contributed by atoms with Crippen LogP contribution in [0.15, 0.2) is 84.0 Å². The lowest BCUT2D eigenvalue weighted by atomic mass is 9.85. The summed E-state index contributed by atoms with van der Waals surface area (Å²) >= 11 is 0. The van der Waals surface area contributed by atoms with Crippen molar-refractivity contribution in [2.75, 3.05) is 0 Å². The van der Waals surface area contributed by atoms with E-state index >= 15 is 0 Å². The smallest absolute Gasteiger partial charge is 0.281 e. The van der Waals surface area contributed by atoms with Crippen molar-refractivity contribution in [1.82, 2.24) is 5.43 Å². The topological polar surface area (TPSA) is 125 Å². The van der Waals surface area contributed by atoms with Gasteiger partial charge in [-0.05, 0) is 17.2 Å². The van der Waals surface area contributed by atoms with Gasteiger partial charge in [-0.25, -0.2) is 5.43 Å². The van der Waals surface area contributed by atoms with Gasteiger partial charge in [-0.3, -0.25) is 14.9 Å². The minimum absolute atomic E-state index is 0.0439. The molecule has 0 spiro atoms. The van der Waals surface area contributed by atoms with Gasteiger partial charge >= 0.3 is 0 Å². The molecular weight excluding hydrogens is 374 g/mol. The Kier molecular flexibility index (Phi) is 5.66. The molecule has 0 atom stereocenters. The van der Waals surface area contributed by atoms with E-state index in [2.05, 4.69) is 10.5 Å². The van der Waals surface area contributed by atoms with Crippen molar-refractivity contribution < 1.29 is 19.9 Å². The van der Waals surface area contributed by atoms with Crippen LogP contribution in [-0.4, -0.2) is 27.3 Å². The van der Waals surface area contributed by atoms with Crippen LogP contribution in [0.1, 0.15) is 16.7 Å². The predicted molar refractivity (Wildman–Crippen MR) is 106 cm³/mol. The molecule has 0 aromatic heterocycles. The maximum absolute atomic E-state index is 12.9. The van der Waals surface area contributed by atoms with Crippen LogP contribution in [0.4, 0.5) is 5.69 Å². The van der Waals surface area contributed by atoms with Gasteiger partial charge in [0.2, 0.25) is 0 Å². The number of non-ortho nitro benzene ring substituents is 1. The molecule has 3 aromatic carbocycles. The van der Waals surface area contributed by atoms with Crippen molar-refractivity contribution >= 4 is 17.8 Å². The maximum atomic E-state index is 12.9. The van der Waals surface area contributed by atoms with E-state index < -0.39 is 16.4 Å². The molecule has 0 bridgehead atoms. The number of nitro benzene ring substituents is 1. The van der Waals surface area contributed by atoms with Crippen LogP contribution < -0.4 is 5.43 Å². The molecule has 0 saturated carbocycles. The van der Waals surface area contributed by atoms with E-state index in [9.17, 15) is 25.1 Å². The number of hydrogen-bond donors (Lipinski definition) is 3. The molecule has 3 rings (SSSR count). The lowest BCUT2D eigenvalue weighted by Gasteiger charge is -2.27. The molecule has 146 valence electrons. The molecular formula is C21H17N3O5. The summed E-state index contributed by atoms with van der Waals surface area (Å²) in [5.41, 5.74) is 0.732. The first-order valence-corrected chi connectivity index (χ1v) is 8.57. The summed E-state index contributed by atoms with van der Waals surface area (Å²) in [5, 5.41) is 35.7. The van der Waals surface area contributed by atoms with Crippen LogP contribution in [-0.2, 0) is 10.4 Å². The number of carbonyl (C=O) groups is 1. The molecule has 3 N–H and O–H groups in total. The van der Waals surface area contributed by atoms with Crippen LogP contribution in [0.25, 0.3) is 0 Å². The number of rotatable bonds is 6. The number of phenolic OH excluding ortho intramolecular Hbond substituents is 1. The highest BCUT2D eigenvalue weighted by molar-refractivity contribution is 5.91. The van der Waals surface area contributed by atoms with E-state index in [1.165, 1.54) is 0 Å². The van der Waals surface area contributed by atoms with Gasteiger partial charge in [-0.15, -0.1) is 0 Å². The van der Waals surface area contributed by atoms with E-state index in [1.54, 1.807) is 60.7 Å². The van der Waals surface area contributed by atoms with Crippen molar-refractivity contribution in [3.63, 3.8) is 0 Å². The number of hydrazone groups is 1. The zero-order valence-electron chi connectivity index (χ0n) is 15.1. The summed E-state index contributed by atoms with van der Waals surface area (Å²) < 4.78 is 0. The van der Waals surface area contributed by atoms with Gasteiger partial charge < -0.3 is 10.2 Å². The first kappa shape index (κ1) is 19.7. The number of amides is 1. The van der Waals surface area contributed by atoms with Crippen LogP contribution in [0.2, 0.25) is 0 Å². The lowest BCUT2D eigenvalue weighted by molar-refractivity contribution is -0.384. The third-order valence-electron chi connectivity index (χ3n) is 4.30. The summed E-state index contributed by atoms with van der Waals surface area (Å²) in [7, 11) is 0. The quantitative estimate of drug-likeness (QED) is 0.338. The molecule has 0 aliphatic carbocycles. The van der Waals surface area contributed by atoms with E-state index in [4.69, 9.17) is 0 Å². The van der Waals surface area contributed by atoms with E-state index in [0.717, 1.165) is 24.4 Å². The standard InChI is InChI=1S/C21H17N3O5/c25-19-12-11-18(24(28)29)13-15(19)14-22-23-20(26)21(27,16-7-3-1-4-8-16)17-9-5-2-6-10-17/h1-14,25,27H,(H,23,26)/b22-14-. The Labute approximate surface area is 165 Å². The zero-order valence-corrected chi connectivity index (χ0v) is 15.1. The first-order chi connectivity index (χ1) is 13.9. The van der Waals surface area contributed by atoms with Gasteiger partial charge in [0.25, 0.3) is 11.6 Å². The number of phenols is 1. The molecule has 29 heavy (non-hydrogen) atoms. The number of carbonyl (C=O) groups excluding carboxylic acids is 1. The summed E-state index contributed by atoms with van der Waals surface area (Å²) in [4.78, 5) is 23.1. The van der Waals surface area contributed by atoms with E-state index in [1.807, 2.05) is 0 Å². The number of nitrogens with zero attached hydrogens (tertiary/aromatic N) is 2. The van der Waals surface area contributed by atoms with Gasteiger partial charge in [0.05, 0.1) is 11.1 Å². The minimum Gasteiger partial charge on any atom is -0.507 e. The highest BCUT2D eigenvalue weighted by Crippen LogP contribution is 2.30. The lowest BCUT2D eigenvalue weighted by Crippen LogP contribution is -2.43. The Morgan fingerprint density at radius 2 is 1.55 bits per heavy atom. The second-order valence-corrected chi connectivity index (χ2v) is 6.14. The number of benzene rings is 3. The Hall–Kier alpha value is -4.04. The average Bonchev–Trinajstić information content (AvgIpc) is 2.75. The largest absolute Gasteiger partial charge is 0.507 e. The molecule has 0 aliphatic rings. The summed E-state index contributed by atoms with van der Waals surface area (Å²) in [6, 6.07) is 20.2. The molecule has 0 aliphatic heterocycles. The molecule has 0 unspecified atom stereocenters. The molecule has 0 fully saturated rings. The normalized spacial score (nSPS) is 11.3. The Morgan fingerprint density at radius 1 is 1.00 bits per heavy atom. The molecule has 3 aromatic rings. The number of nitro groups is 1. The first-order valence-electron chi connectivity index (χ1n) is 8.57. The van der Waals surface area contributed by atoms with Gasteiger partial charge in [0.1, 0.15) is 5.75 Å². The van der Waals surface area contributed by atoms with Gasteiger partial charge in [0, 0.05) is 17.7 Å². The second-order valence-electron chi connectivity index (χ2n) is 6.14. The van der Waals surface area contributed by atoms with Crippen molar-refractivity contribution in [2.24, 2.45) is 5.10 Å². The second kappa shape index (κ2) is 8.32. The van der Waals surface area contributed by atoms with Crippen LogP contribution in [0, 0.1) is 10.1 Å². The monoisotopic (exact) mass is 391 g/mol. The molecule has 8 nitrogen and oxygen atoms in total. The van der Waals surface area contributed by atoms with Crippen LogP contribution in [0.5, 0.6) is 5.75 Å². The van der Waals surface area contributed by atoms with Gasteiger partial charge in [-0.2, -0.15) is 5.10 Å². The Bertz CT molecular complexity index is 1010. The van der Waals surface area contributed by atoms with Gasteiger partial charge in [-0.1, -0.05) is 60.7 Å². The fourth-order valence-corrected chi connectivity index (χ4v) is 2.79. The van der Waals surface area contributed by atoms with Crippen molar-refractivity contribution in [1.29, 1.82) is 0 Å². The number of hydrogen-bond acceptors (Lipinski definition) is 6. The molecule has 0 radical (unpaired) electrons. The van der Waals surface area contributed by atoms with Crippen LogP contribution >= 0.6 is 0 Å². The third kappa shape index (κ3) is 4.12. The number of aromatic hydroxyl groups is 1. The van der Waals surface area contributed by atoms with E-state index in [0.29, 0.717) is 11.1 Å². The summed E-state index contributed by atoms with van der Waals surface area (Å²) in [6.45, 7) is 0. The summed E-state index contributed by atoms with van der Waals surface area (Å²) in [5.74, 6) is -1.06. The third-order valence-corrected chi connectivity index (χ3v) is 4.30. The molecule has 0 heterocycles. The number of aliphatic hydroxyl groups is 1. The van der Waals surface area contributed by atoms with Crippen molar-refractivity contribution in [3.05, 3.63) is 106 Å². The van der Waals surface area contributed by atoms with Crippen LogP contribution in [0.3, 0.4) is 0 Å². The highest BCUT2D eigenvalue weighted by Gasteiger charge is 2.39. The van der Waals surface area contributed by atoms with Crippen molar-refractivity contribution in [3.8, 4) is 5.75 Å². The molecule has 0 saturated heterocycles. The Morgan fingerprint density at radius 3 is 2.07 bits per heavy atom. The Balaban J connectivity index is 1.90. The van der Waals surface area contributed by atoms with Crippen molar-refractivity contribution in [2.45, 2.75) is 5.60 Å². The highest BCUT2D eigenvalue weighted by atomic mass is 16.6. The fraction of sp³-hybridized carbons (Fsp3) is 0.0476. The van der Waals surface area contributed by atoms with Gasteiger partial charge in [0.15, 0.2) is 5.60 Å². The van der Waals surface area contributed by atoms with E-state index in [-0.39, 0.29) is 17.0 Å². The SMILES string of the molecule is O=C(N/N=C\c1cc([N+](=O)[O-])ccc1O)C(O)(c1ccccc1)c1ccccc1.